The van der Waals surface area contributed by atoms with Crippen LogP contribution in [-0.4, -0.2) is 23.8 Å². The van der Waals surface area contributed by atoms with Gasteiger partial charge in [0.1, 0.15) is 5.75 Å². The van der Waals surface area contributed by atoms with E-state index in [1.165, 1.54) is 16.9 Å². The molecule has 1 aromatic heterocycles. The van der Waals surface area contributed by atoms with Gasteiger partial charge in [-0.1, -0.05) is 74.9 Å². The van der Waals surface area contributed by atoms with Gasteiger partial charge in [0, 0.05) is 0 Å². The van der Waals surface area contributed by atoms with Gasteiger partial charge in [-0.05, 0) is 61.1 Å². The third-order valence-corrected chi connectivity index (χ3v) is 7.34. The molecule has 7 heteroatoms. The Hall–Kier alpha value is -3.45. The lowest BCUT2D eigenvalue weighted by molar-refractivity contribution is -0.139. The standard InChI is InChI=1S/C30H34N2O4S/c1-6-8-16-36-24-11-9-10-21(17-24)18-25-28(33)32-27(23-14-12-22(13-15-23)19(3)4)26(29(34)35-7-2)20(5)31-30(32)37-25/h9-15,17-19,27H,6-8,16H2,1-5H3. The second kappa shape index (κ2) is 11.7. The van der Waals surface area contributed by atoms with Gasteiger partial charge < -0.3 is 9.47 Å². The molecule has 1 aliphatic heterocycles. The number of carbonyl (C=O) groups excluding carboxylic acids is 1. The second-order valence-electron chi connectivity index (χ2n) is 9.40. The average Bonchev–Trinajstić information content (AvgIpc) is 3.18. The minimum atomic E-state index is -0.609. The van der Waals surface area contributed by atoms with Crippen molar-refractivity contribution >= 4 is 23.4 Å². The first-order chi connectivity index (χ1) is 17.8. The third kappa shape index (κ3) is 5.77. The summed E-state index contributed by atoms with van der Waals surface area (Å²) in [5.41, 5.74) is 3.68. The number of benzene rings is 2. The molecule has 0 amide bonds. The van der Waals surface area contributed by atoms with E-state index in [4.69, 9.17) is 9.47 Å². The maximum absolute atomic E-state index is 13.8. The van der Waals surface area contributed by atoms with Crippen molar-refractivity contribution in [3.8, 4) is 5.75 Å². The number of nitrogens with zero attached hydrogens (tertiary/aromatic N) is 2. The van der Waals surface area contributed by atoms with E-state index in [1.54, 1.807) is 18.4 Å². The monoisotopic (exact) mass is 518 g/mol. The number of hydrogen-bond donors (Lipinski definition) is 0. The Balaban J connectivity index is 1.83. The topological polar surface area (TPSA) is 69.9 Å². The third-order valence-electron chi connectivity index (χ3n) is 6.36. The van der Waals surface area contributed by atoms with Gasteiger partial charge in [-0.2, -0.15) is 0 Å². The molecule has 0 fully saturated rings. The number of esters is 1. The van der Waals surface area contributed by atoms with Gasteiger partial charge >= 0.3 is 5.97 Å². The number of carbonyl (C=O) groups is 1. The van der Waals surface area contributed by atoms with Gasteiger partial charge in [-0.15, -0.1) is 0 Å². The molecule has 1 aliphatic rings. The fourth-order valence-electron chi connectivity index (χ4n) is 4.35. The molecule has 37 heavy (non-hydrogen) atoms. The van der Waals surface area contributed by atoms with Crippen LogP contribution in [0, 0.1) is 0 Å². The van der Waals surface area contributed by atoms with Gasteiger partial charge in [-0.3, -0.25) is 9.36 Å². The number of fused-ring (bicyclic) bond motifs is 1. The minimum absolute atomic E-state index is 0.187. The van der Waals surface area contributed by atoms with E-state index in [1.807, 2.05) is 42.5 Å². The molecule has 0 saturated carbocycles. The highest BCUT2D eigenvalue weighted by Crippen LogP contribution is 2.31. The summed E-state index contributed by atoms with van der Waals surface area (Å²) in [6.45, 7) is 10.9. The lowest BCUT2D eigenvalue weighted by atomic mass is 9.93. The van der Waals surface area contributed by atoms with E-state index in [-0.39, 0.29) is 12.2 Å². The van der Waals surface area contributed by atoms with Crippen LogP contribution >= 0.6 is 11.3 Å². The molecule has 1 unspecified atom stereocenters. The van der Waals surface area contributed by atoms with Crippen molar-refractivity contribution in [2.24, 2.45) is 4.99 Å². The summed E-state index contributed by atoms with van der Waals surface area (Å²) in [7, 11) is 0. The number of allylic oxidation sites excluding steroid dienone is 1. The van der Waals surface area contributed by atoms with Crippen LogP contribution in [0.1, 0.15) is 76.1 Å². The van der Waals surface area contributed by atoms with Crippen molar-refractivity contribution < 1.29 is 14.3 Å². The Bertz CT molecular complexity index is 1480. The largest absolute Gasteiger partial charge is 0.494 e. The molecule has 194 valence electrons. The molecule has 0 N–H and O–H groups in total. The Kier molecular flexibility index (Phi) is 8.44. The normalized spacial score (nSPS) is 15.5. The first-order valence-electron chi connectivity index (χ1n) is 12.9. The first kappa shape index (κ1) is 26.6. The number of aromatic nitrogens is 1. The SMILES string of the molecule is CCCCOc1cccc(C=c2sc3n(c2=O)C(c2ccc(C(C)C)cc2)C(C(=O)OCC)=C(C)N=3)c1. The zero-order chi connectivity index (χ0) is 26.5. The van der Waals surface area contributed by atoms with E-state index in [0.717, 1.165) is 29.7 Å². The summed E-state index contributed by atoms with van der Waals surface area (Å²) in [6.07, 6.45) is 3.91. The van der Waals surface area contributed by atoms with Crippen LogP contribution in [0.3, 0.4) is 0 Å². The van der Waals surface area contributed by atoms with Crippen LogP contribution in [0.5, 0.6) is 5.75 Å². The highest BCUT2D eigenvalue weighted by molar-refractivity contribution is 7.07. The summed E-state index contributed by atoms with van der Waals surface area (Å²) in [4.78, 5) is 32.1. The van der Waals surface area contributed by atoms with Gasteiger partial charge in [0.2, 0.25) is 0 Å². The van der Waals surface area contributed by atoms with Crippen LogP contribution in [0.2, 0.25) is 0 Å². The average molecular weight is 519 g/mol. The van der Waals surface area contributed by atoms with Crippen LogP contribution < -0.4 is 19.6 Å². The molecule has 0 spiro atoms. The molecule has 2 heterocycles. The number of unbranched alkanes of at least 4 members (excludes halogenated alkanes) is 1. The molecule has 3 aromatic rings. The Morgan fingerprint density at radius 3 is 2.59 bits per heavy atom. The van der Waals surface area contributed by atoms with Gasteiger partial charge in [0.25, 0.3) is 5.56 Å². The van der Waals surface area contributed by atoms with Crippen molar-refractivity contribution in [3.63, 3.8) is 0 Å². The highest BCUT2D eigenvalue weighted by atomic mass is 32.1. The van der Waals surface area contributed by atoms with Gasteiger partial charge in [0.05, 0.1) is 35.1 Å². The summed E-state index contributed by atoms with van der Waals surface area (Å²) in [6, 6.07) is 15.2. The molecule has 0 saturated heterocycles. The molecular weight excluding hydrogens is 484 g/mol. The summed E-state index contributed by atoms with van der Waals surface area (Å²) in [5, 5.41) is 0. The zero-order valence-electron chi connectivity index (χ0n) is 22.1. The van der Waals surface area contributed by atoms with Gasteiger partial charge in [0.15, 0.2) is 4.80 Å². The predicted molar refractivity (Wildman–Crippen MR) is 148 cm³/mol. The molecule has 2 aromatic carbocycles. The van der Waals surface area contributed by atoms with Crippen LogP contribution in [0.15, 0.2) is 69.6 Å². The lowest BCUT2D eigenvalue weighted by Gasteiger charge is -2.25. The molecular formula is C30H34N2O4S. The Labute approximate surface area is 221 Å². The molecule has 4 rings (SSSR count). The molecule has 0 bridgehead atoms. The van der Waals surface area contributed by atoms with Crippen molar-refractivity contribution in [3.05, 3.63) is 96.2 Å². The van der Waals surface area contributed by atoms with E-state index >= 15 is 0 Å². The highest BCUT2D eigenvalue weighted by Gasteiger charge is 2.33. The lowest BCUT2D eigenvalue weighted by Crippen LogP contribution is -2.39. The quantitative estimate of drug-likeness (QED) is 0.292. The van der Waals surface area contributed by atoms with Crippen molar-refractivity contribution in [2.75, 3.05) is 13.2 Å². The van der Waals surface area contributed by atoms with Crippen molar-refractivity contribution in [1.29, 1.82) is 0 Å². The smallest absolute Gasteiger partial charge is 0.338 e. The number of rotatable bonds is 9. The fraction of sp³-hybridized carbons (Fsp3) is 0.367. The number of hydrogen-bond acceptors (Lipinski definition) is 6. The van der Waals surface area contributed by atoms with Gasteiger partial charge in [-0.25, -0.2) is 9.79 Å². The second-order valence-corrected chi connectivity index (χ2v) is 10.4. The Morgan fingerprint density at radius 1 is 1.16 bits per heavy atom. The van der Waals surface area contributed by atoms with Crippen molar-refractivity contribution in [2.45, 2.75) is 59.4 Å². The number of thiazole rings is 1. The van der Waals surface area contributed by atoms with Crippen molar-refractivity contribution in [1.82, 2.24) is 4.57 Å². The van der Waals surface area contributed by atoms with E-state index < -0.39 is 12.0 Å². The molecule has 6 nitrogen and oxygen atoms in total. The summed E-state index contributed by atoms with van der Waals surface area (Å²) >= 11 is 1.32. The van der Waals surface area contributed by atoms with E-state index in [9.17, 15) is 9.59 Å². The van der Waals surface area contributed by atoms with Crippen LogP contribution in [0.4, 0.5) is 0 Å². The molecule has 0 radical (unpaired) electrons. The maximum atomic E-state index is 13.8. The van der Waals surface area contributed by atoms with Crippen LogP contribution in [-0.2, 0) is 9.53 Å². The maximum Gasteiger partial charge on any atom is 0.338 e. The van der Waals surface area contributed by atoms with E-state index in [0.29, 0.717) is 33.1 Å². The molecule has 0 aliphatic carbocycles. The predicted octanol–water partition coefficient (Wildman–Crippen LogP) is 5.10. The minimum Gasteiger partial charge on any atom is -0.494 e. The summed E-state index contributed by atoms with van der Waals surface area (Å²) in [5.74, 6) is 0.700. The van der Waals surface area contributed by atoms with Crippen LogP contribution in [0.25, 0.3) is 6.08 Å². The Morgan fingerprint density at radius 2 is 1.92 bits per heavy atom. The van der Waals surface area contributed by atoms with E-state index in [2.05, 4.69) is 37.9 Å². The number of ether oxygens (including phenoxy) is 2. The zero-order valence-corrected chi connectivity index (χ0v) is 22.9. The first-order valence-corrected chi connectivity index (χ1v) is 13.7. The summed E-state index contributed by atoms with van der Waals surface area (Å²) < 4.78 is 13.4. The molecule has 1 atom stereocenters. The fourth-order valence-corrected chi connectivity index (χ4v) is 5.40.